The highest BCUT2D eigenvalue weighted by atomic mass is 32.1. The molecule has 1 rings (SSSR count). The molecule has 0 bridgehead atoms. The maximum atomic E-state index is 4.71. The standard InChI is InChI=1S/C3H5N4S/c1-2-7-3(8)4-5-6-7/h2H2,1H3. The van der Waals surface area contributed by atoms with Gasteiger partial charge >= 0.3 is 0 Å². The summed E-state index contributed by atoms with van der Waals surface area (Å²) in [5.74, 6) is 0. The summed E-state index contributed by atoms with van der Waals surface area (Å²) in [6.45, 7) is 2.68. The summed E-state index contributed by atoms with van der Waals surface area (Å²) in [6.07, 6.45) is 0. The van der Waals surface area contributed by atoms with Gasteiger partial charge in [0.1, 0.15) is 0 Å². The Bertz CT molecular complexity index is 172. The SMILES string of the molecule is CCn1nnnc1[S]. The molecule has 0 spiro atoms. The van der Waals surface area contributed by atoms with E-state index in [1.807, 2.05) is 6.92 Å². The van der Waals surface area contributed by atoms with E-state index in [0.29, 0.717) is 5.16 Å². The molecule has 1 heterocycles. The minimum Gasteiger partial charge on any atom is -0.217 e. The van der Waals surface area contributed by atoms with Crippen LogP contribution < -0.4 is 0 Å². The molecule has 0 fully saturated rings. The van der Waals surface area contributed by atoms with Crippen LogP contribution in [0, 0.1) is 0 Å². The van der Waals surface area contributed by atoms with Crippen molar-refractivity contribution in [3.8, 4) is 0 Å². The molecule has 5 heteroatoms. The zero-order valence-corrected chi connectivity index (χ0v) is 5.22. The summed E-state index contributed by atoms with van der Waals surface area (Å²) in [4.78, 5) is 0. The molecule has 0 amide bonds. The summed E-state index contributed by atoms with van der Waals surface area (Å²) >= 11 is 4.71. The minimum atomic E-state index is 0.451. The molecule has 0 unspecified atom stereocenters. The third-order valence-corrected chi connectivity index (χ3v) is 1.09. The van der Waals surface area contributed by atoms with Crippen LogP contribution in [0.1, 0.15) is 6.92 Å². The lowest BCUT2D eigenvalue weighted by Gasteiger charge is -1.88. The molecule has 0 aromatic carbocycles. The van der Waals surface area contributed by atoms with E-state index in [0.717, 1.165) is 6.54 Å². The molecule has 0 aliphatic carbocycles. The minimum absolute atomic E-state index is 0.451. The first-order valence-corrected chi connectivity index (χ1v) is 2.68. The van der Waals surface area contributed by atoms with Gasteiger partial charge in [0, 0.05) is 6.54 Å². The van der Waals surface area contributed by atoms with E-state index in [-0.39, 0.29) is 0 Å². The third kappa shape index (κ3) is 0.764. The number of nitrogens with zero attached hydrogens (tertiary/aromatic N) is 4. The van der Waals surface area contributed by atoms with E-state index >= 15 is 0 Å². The van der Waals surface area contributed by atoms with Crippen LogP contribution in [0.5, 0.6) is 0 Å². The number of aryl methyl sites for hydroxylation is 1. The summed E-state index contributed by atoms with van der Waals surface area (Å²) in [6, 6.07) is 0. The smallest absolute Gasteiger partial charge is 0.217 e. The molecule has 0 N–H and O–H groups in total. The fourth-order valence-electron chi connectivity index (χ4n) is 0.395. The first-order valence-electron chi connectivity index (χ1n) is 2.27. The lowest BCUT2D eigenvalue weighted by Crippen LogP contribution is -1.96. The maximum Gasteiger partial charge on any atom is 0.240 e. The number of rotatable bonds is 1. The Balaban J connectivity index is 2.92. The normalized spacial score (nSPS) is 9.62. The second kappa shape index (κ2) is 2.04. The van der Waals surface area contributed by atoms with Crippen molar-refractivity contribution in [2.24, 2.45) is 0 Å². The van der Waals surface area contributed by atoms with Crippen molar-refractivity contribution in [3.05, 3.63) is 0 Å². The van der Waals surface area contributed by atoms with Gasteiger partial charge in [0.2, 0.25) is 5.16 Å². The van der Waals surface area contributed by atoms with Crippen molar-refractivity contribution in [3.63, 3.8) is 0 Å². The number of hydrogen-bond acceptors (Lipinski definition) is 3. The zero-order valence-electron chi connectivity index (χ0n) is 4.40. The van der Waals surface area contributed by atoms with Crippen molar-refractivity contribution >= 4 is 12.6 Å². The molecule has 1 aromatic rings. The Hall–Kier alpha value is -0.710. The Labute approximate surface area is 52.3 Å². The van der Waals surface area contributed by atoms with Crippen LogP contribution in [-0.2, 0) is 6.54 Å². The molecular formula is C3H5N4S. The average molecular weight is 129 g/mol. The molecule has 4 nitrogen and oxygen atoms in total. The molecule has 1 aromatic heterocycles. The Morgan fingerprint density at radius 2 is 2.50 bits per heavy atom. The second-order valence-electron chi connectivity index (χ2n) is 1.28. The van der Waals surface area contributed by atoms with Crippen LogP contribution in [0.2, 0.25) is 0 Å². The maximum absolute atomic E-state index is 4.71. The lowest BCUT2D eigenvalue weighted by atomic mass is 10.8. The first kappa shape index (κ1) is 5.43. The largest absolute Gasteiger partial charge is 0.240 e. The van der Waals surface area contributed by atoms with Crippen molar-refractivity contribution in [2.75, 3.05) is 0 Å². The van der Waals surface area contributed by atoms with Crippen molar-refractivity contribution in [1.29, 1.82) is 0 Å². The predicted molar refractivity (Wildman–Crippen MR) is 29.3 cm³/mol. The van der Waals surface area contributed by atoms with E-state index in [4.69, 9.17) is 12.6 Å². The molecular weight excluding hydrogens is 124 g/mol. The number of hydrogen-bond donors (Lipinski definition) is 0. The number of aromatic nitrogens is 4. The summed E-state index contributed by atoms with van der Waals surface area (Å²) in [5, 5.41) is 10.9. The first-order chi connectivity index (χ1) is 3.84. The third-order valence-electron chi connectivity index (χ3n) is 0.799. The van der Waals surface area contributed by atoms with Crippen LogP contribution in [-0.4, -0.2) is 20.2 Å². The molecule has 8 heavy (non-hydrogen) atoms. The van der Waals surface area contributed by atoms with E-state index in [2.05, 4.69) is 15.5 Å². The van der Waals surface area contributed by atoms with Crippen LogP contribution in [0.15, 0.2) is 5.16 Å². The quantitative estimate of drug-likeness (QED) is 0.546. The fraction of sp³-hybridized carbons (Fsp3) is 0.667. The van der Waals surface area contributed by atoms with E-state index in [1.165, 1.54) is 0 Å². The second-order valence-corrected chi connectivity index (χ2v) is 1.64. The Morgan fingerprint density at radius 1 is 1.75 bits per heavy atom. The lowest BCUT2D eigenvalue weighted by molar-refractivity contribution is 0.582. The molecule has 43 valence electrons. The Kier molecular flexibility index (Phi) is 1.38. The van der Waals surface area contributed by atoms with Gasteiger partial charge in [-0.15, -0.1) is 0 Å². The van der Waals surface area contributed by atoms with Gasteiger partial charge in [0.15, 0.2) is 0 Å². The summed E-state index contributed by atoms with van der Waals surface area (Å²) < 4.78 is 1.55. The highest BCUT2D eigenvalue weighted by molar-refractivity contribution is 7.80. The van der Waals surface area contributed by atoms with E-state index < -0.39 is 0 Å². The molecule has 1 radical (unpaired) electrons. The number of tetrazole rings is 1. The van der Waals surface area contributed by atoms with E-state index in [9.17, 15) is 0 Å². The highest BCUT2D eigenvalue weighted by Gasteiger charge is 1.95. The average Bonchev–Trinajstić information content (AvgIpc) is 2.14. The van der Waals surface area contributed by atoms with Crippen molar-refractivity contribution in [2.45, 2.75) is 18.6 Å². The van der Waals surface area contributed by atoms with Crippen LogP contribution in [0.3, 0.4) is 0 Å². The zero-order chi connectivity index (χ0) is 5.98. The van der Waals surface area contributed by atoms with Gasteiger partial charge in [-0.3, -0.25) is 0 Å². The van der Waals surface area contributed by atoms with E-state index in [1.54, 1.807) is 4.68 Å². The van der Waals surface area contributed by atoms with Gasteiger partial charge in [-0.05, 0) is 30.0 Å². The molecule has 0 aliphatic heterocycles. The van der Waals surface area contributed by atoms with Crippen LogP contribution in [0.25, 0.3) is 0 Å². The predicted octanol–water partition coefficient (Wildman–Crippen LogP) is 0.249. The van der Waals surface area contributed by atoms with Gasteiger partial charge in [0.25, 0.3) is 0 Å². The monoisotopic (exact) mass is 129 g/mol. The topological polar surface area (TPSA) is 43.6 Å². The van der Waals surface area contributed by atoms with Gasteiger partial charge in [-0.1, -0.05) is 5.10 Å². The van der Waals surface area contributed by atoms with Crippen molar-refractivity contribution < 1.29 is 0 Å². The molecule has 0 aliphatic rings. The summed E-state index contributed by atoms with van der Waals surface area (Å²) in [5.41, 5.74) is 0. The molecule has 0 saturated carbocycles. The fourth-order valence-corrected chi connectivity index (χ4v) is 0.597. The molecule has 0 saturated heterocycles. The van der Waals surface area contributed by atoms with Gasteiger partial charge in [-0.2, -0.15) is 0 Å². The van der Waals surface area contributed by atoms with Crippen molar-refractivity contribution in [1.82, 2.24) is 20.2 Å². The Morgan fingerprint density at radius 3 is 2.75 bits per heavy atom. The van der Waals surface area contributed by atoms with Gasteiger partial charge in [-0.25, -0.2) is 4.68 Å². The highest BCUT2D eigenvalue weighted by Crippen LogP contribution is 1.94. The molecule has 0 atom stereocenters. The van der Waals surface area contributed by atoms with Gasteiger partial charge < -0.3 is 0 Å². The summed E-state index contributed by atoms with van der Waals surface area (Å²) in [7, 11) is 0. The van der Waals surface area contributed by atoms with Gasteiger partial charge in [0.05, 0.1) is 0 Å². The van der Waals surface area contributed by atoms with Crippen LogP contribution in [0.4, 0.5) is 0 Å². The van der Waals surface area contributed by atoms with Crippen LogP contribution >= 0.6 is 12.6 Å².